The summed E-state index contributed by atoms with van der Waals surface area (Å²) < 4.78 is 1.22. The molecule has 4 nitrogen and oxygen atoms in total. The van der Waals surface area contributed by atoms with Gasteiger partial charge >= 0.3 is 0 Å². The first kappa shape index (κ1) is 10.9. The molecule has 0 aliphatic heterocycles. The Balaban J connectivity index is 2.10. The van der Waals surface area contributed by atoms with Gasteiger partial charge in [0, 0.05) is 14.1 Å². The van der Waals surface area contributed by atoms with Crippen LogP contribution in [0.25, 0.3) is 10.2 Å². The van der Waals surface area contributed by atoms with Crippen LogP contribution in [0.3, 0.4) is 0 Å². The SMILES string of the molecule is CN=C(NC)NCc1nc2ccccc2s1. The molecule has 1 aromatic carbocycles. The van der Waals surface area contributed by atoms with Crippen LogP contribution in [0, 0.1) is 0 Å². The van der Waals surface area contributed by atoms with E-state index in [1.165, 1.54) is 4.70 Å². The Kier molecular flexibility index (Phi) is 3.36. The van der Waals surface area contributed by atoms with Crippen LogP contribution in [0.2, 0.25) is 0 Å². The van der Waals surface area contributed by atoms with Gasteiger partial charge < -0.3 is 10.6 Å². The molecule has 0 spiro atoms. The summed E-state index contributed by atoms with van der Waals surface area (Å²) >= 11 is 1.70. The van der Waals surface area contributed by atoms with E-state index in [2.05, 4.69) is 26.7 Å². The molecule has 2 N–H and O–H groups in total. The molecule has 5 heteroatoms. The van der Waals surface area contributed by atoms with Crippen LogP contribution < -0.4 is 10.6 Å². The molecular weight excluding hydrogens is 220 g/mol. The zero-order valence-corrected chi connectivity index (χ0v) is 10.1. The van der Waals surface area contributed by atoms with E-state index in [-0.39, 0.29) is 0 Å². The van der Waals surface area contributed by atoms with Gasteiger partial charge in [0.15, 0.2) is 5.96 Å². The second-order valence-corrected chi connectivity index (χ2v) is 4.37. The van der Waals surface area contributed by atoms with Gasteiger partial charge in [0.05, 0.1) is 16.8 Å². The molecule has 0 saturated heterocycles. The molecule has 1 aromatic heterocycles. The van der Waals surface area contributed by atoms with Crippen LogP contribution in [-0.2, 0) is 6.54 Å². The molecule has 16 heavy (non-hydrogen) atoms. The molecule has 0 radical (unpaired) electrons. The highest BCUT2D eigenvalue weighted by Gasteiger charge is 2.03. The van der Waals surface area contributed by atoms with Gasteiger partial charge in [-0.2, -0.15) is 0 Å². The molecule has 0 aliphatic rings. The molecule has 0 amide bonds. The maximum atomic E-state index is 4.53. The first-order valence-corrected chi connectivity index (χ1v) is 5.88. The van der Waals surface area contributed by atoms with Gasteiger partial charge in [0.2, 0.25) is 0 Å². The van der Waals surface area contributed by atoms with Crippen molar-refractivity contribution in [2.45, 2.75) is 6.54 Å². The molecule has 2 rings (SSSR count). The van der Waals surface area contributed by atoms with E-state index in [1.807, 2.05) is 25.2 Å². The van der Waals surface area contributed by atoms with Gasteiger partial charge in [-0.05, 0) is 12.1 Å². The zero-order valence-electron chi connectivity index (χ0n) is 9.32. The summed E-state index contributed by atoms with van der Waals surface area (Å²) in [7, 11) is 3.59. The highest BCUT2D eigenvalue weighted by Crippen LogP contribution is 2.21. The van der Waals surface area contributed by atoms with E-state index >= 15 is 0 Å². The average molecular weight is 234 g/mol. The molecule has 2 aromatic rings. The topological polar surface area (TPSA) is 49.3 Å². The number of aromatic nitrogens is 1. The van der Waals surface area contributed by atoms with E-state index in [9.17, 15) is 0 Å². The van der Waals surface area contributed by atoms with Crippen molar-refractivity contribution in [2.24, 2.45) is 4.99 Å². The predicted octanol–water partition coefficient (Wildman–Crippen LogP) is 1.59. The van der Waals surface area contributed by atoms with Crippen molar-refractivity contribution >= 4 is 27.5 Å². The average Bonchev–Trinajstić information content (AvgIpc) is 2.73. The largest absolute Gasteiger partial charge is 0.359 e. The standard InChI is InChI=1S/C11H14N4S/c1-12-11(13-2)14-7-10-15-8-5-3-4-6-9(8)16-10/h3-6H,7H2,1-2H3,(H2,12,13,14). The molecule has 0 fully saturated rings. The molecule has 0 bridgehead atoms. The van der Waals surface area contributed by atoms with Gasteiger partial charge in [0.25, 0.3) is 0 Å². The fourth-order valence-corrected chi connectivity index (χ4v) is 2.34. The first-order valence-electron chi connectivity index (χ1n) is 5.06. The van der Waals surface area contributed by atoms with E-state index < -0.39 is 0 Å². The number of nitrogens with one attached hydrogen (secondary N) is 2. The van der Waals surface area contributed by atoms with E-state index in [1.54, 1.807) is 18.4 Å². The predicted molar refractivity (Wildman–Crippen MR) is 68.9 cm³/mol. The van der Waals surface area contributed by atoms with Crippen molar-refractivity contribution in [3.8, 4) is 0 Å². The second kappa shape index (κ2) is 4.94. The number of hydrogen-bond donors (Lipinski definition) is 2. The minimum absolute atomic E-state index is 0.701. The number of hydrogen-bond acceptors (Lipinski definition) is 3. The summed E-state index contributed by atoms with van der Waals surface area (Å²) in [5, 5.41) is 7.22. The number of benzene rings is 1. The van der Waals surface area contributed by atoms with Crippen LogP contribution in [0.1, 0.15) is 5.01 Å². The molecule has 0 atom stereocenters. The van der Waals surface area contributed by atoms with Crippen LogP contribution in [0.15, 0.2) is 29.3 Å². The number of nitrogens with zero attached hydrogens (tertiary/aromatic N) is 2. The maximum Gasteiger partial charge on any atom is 0.191 e. The van der Waals surface area contributed by atoms with Crippen molar-refractivity contribution in [1.29, 1.82) is 0 Å². The zero-order chi connectivity index (χ0) is 11.4. The number of fused-ring (bicyclic) bond motifs is 1. The Morgan fingerprint density at radius 1 is 1.44 bits per heavy atom. The fraction of sp³-hybridized carbons (Fsp3) is 0.273. The molecule has 84 valence electrons. The minimum Gasteiger partial charge on any atom is -0.359 e. The van der Waals surface area contributed by atoms with Crippen molar-refractivity contribution in [2.75, 3.05) is 14.1 Å². The Hall–Kier alpha value is -1.62. The molecule has 0 unspecified atom stereocenters. The Morgan fingerprint density at radius 2 is 2.25 bits per heavy atom. The van der Waals surface area contributed by atoms with Gasteiger partial charge in [-0.15, -0.1) is 11.3 Å². The summed E-state index contributed by atoms with van der Waals surface area (Å²) in [6.07, 6.45) is 0. The Morgan fingerprint density at radius 3 is 2.94 bits per heavy atom. The van der Waals surface area contributed by atoms with E-state index in [0.717, 1.165) is 16.5 Å². The van der Waals surface area contributed by atoms with Crippen molar-refractivity contribution in [3.05, 3.63) is 29.3 Å². The normalized spacial score (nSPS) is 11.8. The first-order chi connectivity index (χ1) is 7.83. The van der Waals surface area contributed by atoms with Crippen LogP contribution in [0.5, 0.6) is 0 Å². The molecule has 0 saturated carbocycles. The van der Waals surface area contributed by atoms with Crippen molar-refractivity contribution < 1.29 is 0 Å². The van der Waals surface area contributed by atoms with Gasteiger partial charge in [-0.3, -0.25) is 4.99 Å². The highest BCUT2D eigenvalue weighted by atomic mass is 32.1. The summed E-state index contributed by atoms with van der Waals surface area (Å²) in [5.74, 6) is 0.777. The van der Waals surface area contributed by atoms with Crippen LogP contribution in [-0.4, -0.2) is 25.0 Å². The third-order valence-electron chi connectivity index (χ3n) is 2.21. The number of aliphatic imine (C=N–C) groups is 1. The highest BCUT2D eigenvalue weighted by molar-refractivity contribution is 7.18. The van der Waals surface area contributed by atoms with E-state index in [4.69, 9.17) is 0 Å². The van der Waals surface area contributed by atoms with Crippen LogP contribution >= 0.6 is 11.3 Å². The fourth-order valence-electron chi connectivity index (χ4n) is 1.43. The van der Waals surface area contributed by atoms with Gasteiger partial charge in [-0.25, -0.2) is 4.98 Å². The maximum absolute atomic E-state index is 4.53. The lowest BCUT2D eigenvalue weighted by Gasteiger charge is -2.05. The van der Waals surface area contributed by atoms with E-state index in [0.29, 0.717) is 6.54 Å². The lowest BCUT2D eigenvalue weighted by Crippen LogP contribution is -2.33. The van der Waals surface area contributed by atoms with Gasteiger partial charge in [-0.1, -0.05) is 12.1 Å². The third kappa shape index (κ3) is 2.30. The summed E-state index contributed by atoms with van der Waals surface area (Å²) in [5.41, 5.74) is 1.06. The third-order valence-corrected chi connectivity index (χ3v) is 3.24. The van der Waals surface area contributed by atoms with Crippen molar-refractivity contribution in [1.82, 2.24) is 15.6 Å². The monoisotopic (exact) mass is 234 g/mol. The molecule has 0 aliphatic carbocycles. The quantitative estimate of drug-likeness (QED) is 0.613. The summed E-state index contributed by atoms with van der Waals surface area (Å²) in [6.45, 7) is 0.701. The summed E-state index contributed by atoms with van der Waals surface area (Å²) in [4.78, 5) is 8.57. The number of thiazole rings is 1. The minimum atomic E-state index is 0.701. The van der Waals surface area contributed by atoms with Crippen LogP contribution in [0.4, 0.5) is 0 Å². The van der Waals surface area contributed by atoms with Gasteiger partial charge in [0.1, 0.15) is 5.01 Å². The molecular formula is C11H14N4S. The van der Waals surface area contributed by atoms with Crippen molar-refractivity contribution in [3.63, 3.8) is 0 Å². The second-order valence-electron chi connectivity index (χ2n) is 3.25. The molecule has 1 heterocycles. The number of guanidine groups is 1. The number of para-hydroxylation sites is 1. The Labute approximate surface area is 98.4 Å². The summed E-state index contributed by atoms with van der Waals surface area (Å²) in [6, 6.07) is 8.15. The lowest BCUT2D eigenvalue weighted by molar-refractivity contribution is 0.860. The number of rotatable bonds is 2. The lowest BCUT2D eigenvalue weighted by atomic mass is 10.3. The smallest absolute Gasteiger partial charge is 0.191 e. The Bertz CT molecular complexity index is 470.